The number of nitrogens with two attached hydrogens (primary N) is 1. The Kier molecular flexibility index (Phi) is 3.28. The SMILES string of the molecule is Nc1[nH]ncc1C(=O)Cc1ccc(C(F)(F)F)cc1. The summed E-state index contributed by atoms with van der Waals surface area (Å²) in [6.45, 7) is 0. The highest BCUT2D eigenvalue weighted by Gasteiger charge is 2.30. The molecule has 2 aromatic rings. The molecule has 0 unspecified atom stereocenters. The third-order valence-electron chi connectivity index (χ3n) is 2.62. The van der Waals surface area contributed by atoms with Crippen molar-refractivity contribution < 1.29 is 18.0 Å². The van der Waals surface area contributed by atoms with E-state index in [0.717, 1.165) is 12.1 Å². The van der Waals surface area contributed by atoms with E-state index in [4.69, 9.17) is 5.73 Å². The molecule has 0 radical (unpaired) electrons. The number of nitrogen functional groups attached to an aromatic ring is 1. The molecule has 1 heterocycles. The van der Waals surface area contributed by atoms with Crippen molar-refractivity contribution in [2.24, 2.45) is 0 Å². The van der Waals surface area contributed by atoms with E-state index >= 15 is 0 Å². The first-order chi connectivity index (χ1) is 8.88. The van der Waals surface area contributed by atoms with E-state index in [0.29, 0.717) is 5.56 Å². The van der Waals surface area contributed by atoms with Gasteiger partial charge >= 0.3 is 6.18 Å². The van der Waals surface area contributed by atoms with Crippen LogP contribution >= 0.6 is 0 Å². The number of rotatable bonds is 3. The van der Waals surface area contributed by atoms with E-state index in [9.17, 15) is 18.0 Å². The lowest BCUT2D eigenvalue weighted by atomic mass is 10.0. The minimum atomic E-state index is -4.38. The van der Waals surface area contributed by atoms with E-state index < -0.39 is 11.7 Å². The number of halogens is 3. The zero-order valence-electron chi connectivity index (χ0n) is 9.66. The Balaban J connectivity index is 2.12. The molecule has 0 spiro atoms. The fourth-order valence-corrected chi connectivity index (χ4v) is 1.61. The molecule has 7 heteroatoms. The van der Waals surface area contributed by atoms with Crippen LogP contribution < -0.4 is 5.73 Å². The van der Waals surface area contributed by atoms with Gasteiger partial charge in [-0.1, -0.05) is 12.1 Å². The van der Waals surface area contributed by atoms with Crippen LogP contribution in [-0.4, -0.2) is 16.0 Å². The van der Waals surface area contributed by atoms with E-state index in [1.165, 1.54) is 18.3 Å². The molecule has 1 aromatic heterocycles. The Labute approximate surface area is 106 Å². The number of benzene rings is 1. The molecule has 0 aliphatic carbocycles. The first-order valence-electron chi connectivity index (χ1n) is 5.36. The summed E-state index contributed by atoms with van der Waals surface area (Å²) in [5, 5.41) is 6.03. The van der Waals surface area contributed by atoms with Crippen LogP contribution in [0.4, 0.5) is 19.0 Å². The van der Waals surface area contributed by atoms with Crippen molar-refractivity contribution in [3.05, 3.63) is 47.2 Å². The molecule has 1 aromatic carbocycles. The number of hydrogen-bond donors (Lipinski definition) is 2. The molecule has 19 heavy (non-hydrogen) atoms. The van der Waals surface area contributed by atoms with Crippen LogP contribution in [0.15, 0.2) is 30.5 Å². The van der Waals surface area contributed by atoms with Crippen LogP contribution in [0.2, 0.25) is 0 Å². The lowest BCUT2D eigenvalue weighted by Gasteiger charge is -2.07. The number of carbonyl (C=O) groups excluding carboxylic acids is 1. The molecular weight excluding hydrogens is 259 g/mol. The first kappa shape index (κ1) is 13.1. The van der Waals surface area contributed by atoms with Crippen LogP contribution in [0.5, 0.6) is 0 Å². The maximum Gasteiger partial charge on any atom is 0.416 e. The lowest BCUT2D eigenvalue weighted by Crippen LogP contribution is -2.07. The third-order valence-corrected chi connectivity index (χ3v) is 2.62. The number of aromatic amines is 1. The van der Waals surface area contributed by atoms with Gasteiger partial charge < -0.3 is 5.73 Å². The third kappa shape index (κ3) is 2.93. The molecule has 0 atom stereocenters. The van der Waals surface area contributed by atoms with Crippen LogP contribution in [0, 0.1) is 0 Å². The summed E-state index contributed by atoms with van der Waals surface area (Å²) >= 11 is 0. The van der Waals surface area contributed by atoms with Crippen molar-refractivity contribution in [1.82, 2.24) is 10.2 Å². The number of nitrogens with one attached hydrogen (secondary N) is 1. The summed E-state index contributed by atoms with van der Waals surface area (Å²) in [7, 11) is 0. The van der Waals surface area contributed by atoms with E-state index in [1.807, 2.05) is 0 Å². The van der Waals surface area contributed by atoms with Crippen molar-refractivity contribution >= 4 is 11.6 Å². The smallest absolute Gasteiger partial charge is 0.383 e. The number of carbonyl (C=O) groups is 1. The van der Waals surface area contributed by atoms with Crippen molar-refractivity contribution in [2.45, 2.75) is 12.6 Å². The van der Waals surface area contributed by atoms with Gasteiger partial charge in [-0.15, -0.1) is 0 Å². The number of alkyl halides is 3. The largest absolute Gasteiger partial charge is 0.416 e. The van der Waals surface area contributed by atoms with Gasteiger partial charge in [0.05, 0.1) is 17.3 Å². The summed E-state index contributed by atoms with van der Waals surface area (Å²) in [6.07, 6.45) is -3.11. The van der Waals surface area contributed by atoms with E-state index in [1.54, 1.807) is 0 Å². The summed E-state index contributed by atoms with van der Waals surface area (Å²) in [5.74, 6) is -0.150. The van der Waals surface area contributed by atoms with Gasteiger partial charge in [-0.05, 0) is 17.7 Å². The Morgan fingerprint density at radius 1 is 1.26 bits per heavy atom. The van der Waals surface area contributed by atoms with Crippen molar-refractivity contribution in [1.29, 1.82) is 0 Å². The molecule has 0 aliphatic heterocycles. The molecule has 0 amide bonds. The number of ketones is 1. The minimum Gasteiger partial charge on any atom is -0.383 e. The number of aromatic nitrogens is 2. The van der Waals surface area contributed by atoms with Gasteiger partial charge in [-0.25, -0.2) is 0 Å². The number of anilines is 1. The van der Waals surface area contributed by atoms with Gasteiger partial charge in [0.2, 0.25) is 0 Å². The van der Waals surface area contributed by atoms with Crippen LogP contribution in [0.1, 0.15) is 21.5 Å². The lowest BCUT2D eigenvalue weighted by molar-refractivity contribution is -0.137. The number of H-pyrrole nitrogens is 1. The Morgan fingerprint density at radius 2 is 1.89 bits per heavy atom. The maximum absolute atomic E-state index is 12.4. The highest BCUT2D eigenvalue weighted by molar-refractivity contribution is 6.00. The zero-order valence-corrected chi connectivity index (χ0v) is 9.66. The normalized spacial score (nSPS) is 11.5. The topological polar surface area (TPSA) is 71.8 Å². The second kappa shape index (κ2) is 4.75. The van der Waals surface area contributed by atoms with Gasteiger partial charge in [0, 0.05) is 6.42 Å². The Hall–Kier alpha value is -2.31. The van der Waals surface area contributed by atoms with Crippen molar-refractivity contribution in [2.75, 3.05) is 5.73 Å². The Morgan fingerprint density at radius 3 is 2.37 bits per heavy atom. The zero-order chi connectivity index (χ0) is 14.0. The number of nitrogens with zero attached hydrogens (tertiary/aromatic N) is 1. The molecule has 100 valence electrons. The minimum absolute atomic E-state index is 0.0259. The molecule has 0 saturated carbocycles. The van der Waals surface area contributed by atoms with Gasteiger partial charge in [-0.2, -0.15) is 18.3 Å². The monoisotopic (exact) mass is 269 g/mol. The van der Waals surface area contributed by atoms with E-state index in [-0.39, 0.29) is 23.6 Å². The van der Waals surface area contributed by atoms with Gasteiger partial charge in [-0.3, -0.25) is 9.89 Å². The van der Waals surface area contributed by atoms with Crippen LogP contribution in [0.3, 0.4) is 0 Å². The maximum atomic E-state index is 12.4. The summed E-state index contributed by atoms with van der Waals surface area (Å²) in [5.41, 5.74) is 5.47. The molecular formula is C12H10F3N3O. The first-order valence-corrected chi connectivity index (χ1v) is 5.36. The highest BCUT2D eigenvalue weighted by Crippen LogP contribution is 2.29. The fraction of sp³-hybridized carbons (Fsp3) is 0.167. The number of Topliss-reactive ketones (excluding diaryl/α,β-unsaturated/α-hetero) is 1. The van der Waals surface area contributed by atoms with Crippen LogP contribution in [-0.2, 0) is 12.6 Å². The fourth-order valence-electron chi connectivity index (χ4n) is 1.61. The molecule has 2 rings (SSSR count). The van der Waals surface area contributed by atoms with Crippen molar-refractivity contribution in [3.63, 3.8) is 0 Å². The van der Waals surface area contributed by atoms with E-state index in [2.05, 4.69) is 10.2 Å². The average Bonchev–Trinajstić information content (AvgIpc) is 2.75. The van der Waals surface area contributed by atoms with Crippen molar-refractivity contribution in [3.8, 4) is 0 Å². The predicted octanol–water partition coefficient (Wildman–Crippen LogP) is 2.44. The molecule has 3 N–H and O–H groups in total. The molecule has 0 aliphatic rings. The molecule has 0 fully saturated rings. The molecule has 4 nitrogen and oxygen atoms in total. The van der Waals surface area contributed by atoms with Gasteiger partial charge in [0.1, 0.15) is 5.82 Å². The van der Waals surface area contributed by atoms with Gasteiger partial charge in [0.25, 0.3) is 0 Å². The number of hydrogen-bond acceptors (Lipinski definition) is 3. The second-order valence-corrected chi connectivity index (χ2v) is 3.99. The summed E-state index contributed by atoms with van der Waals surface area (Å²) < 4.78 is 37.1. The average molecular weight is 269 g/mol. The predicted molar refractivity (Wildman–Crippen MR) is 62.5 cm³/mol. The molecule has 0 saturated heterocycles. The standard InChI is InChI=1S/C12H10F3N3O/c13-12(14,15)8-3-1-7(2-4-8)5-10(19)9-6-17-18-11(9)16/h1-4,6H,5H2,(H3,16,17,18). The van der Waals surface area contributed by atoms with Gasteiger partial charge in [0.15, 0.2) is 5.78 Å². The second-order valence-electron chi connectivity index (χ2n) is 3.99. The summed E-state index contributed by atoms with van der Waals surface area (Å²) in [4.78, 5) is 11.8. The van der Waals surface area contributed by atoms with Crippen LogP contribution in [0.25, 0.3) is 0 Å². The molecule has 0 bridgehead atoms. The quantitative estimate of drug-likeness (QED) is 0.840. The Bertz CT molecular complexity index is 587. The summed E-state index contributed by atoms with van der Waals surface area (Å²) in [6, 6.07) is 4.44. The highest BCUT2D eigenvalue weighted by atomic mass is 19.4.